The number of hydrogen-bond acceptors (Lipinski definition) is 6. The Bertz CT molecular complexity index is 1160. The van der Waals surface area contributed by atoms with Crippen molar-refractivity contribution in [3.63, 3.8) is 0 Å². The molecule has 1 aliphatic heterocycles. The van der Waals surface area contributed by atoms with Gasteiger partial charge in [0.25, 0.3) is 0 Å². The molecule has 0 radical (unpaired) electrons. The Morgan fingerprint density at radius 3 is 2.44 bits per heavy atom. The smallest absolute Gasteiger partial charge is 0.243 e. The fourth-order valence-electron chi connectivity index (χ4n) is 3.69. The van der Waals surface area contributed by atoms with E-state index >= 15 is 0 Å². The van der Waals surface area contributed by atoms with E-state index in [2.05, 4.69) is 10.4 Å². The number of anilines is 1. The second kappa shape index (κ2) is 11.3. The molecule has 2 amide bonds. The predicted octanol–water partition coefficient (Wildman–Crippen LogP) is 3.08. The van der Waals surface area contributed by atoms with Crippen molar-refractivity contribution in [3.8, 4) is 5.75 Å². The van der Waals surface area contributed by atoms with Crippen molar-refractivity contribution < 1.29 is 22.7 Å². The fourth-order valence-corrected chi connectivity index (χ4v) is 5.18. The monoisotopic (exact) mass is 486 g/mol. The van der Waals surface area contributed by atoms with Gasteiger partial charge in [0.15, 0.2) is 0 Å². The van der Waals surface area contributed by atoms with Crippen molar-refractivity contribution in [2.75, 3.05) is 32.1 Å². The first-order valence-corrected chi connectivity index (χ1v) is 12.7. The van der Waals surface area contributed by atoms with Crippen molar-refractivity contribution in [2.45, 2.75) is 38.0 Å². The fraction of sp³-hybridized carbons (Fsp3) is 0.375. The van der Waals surface area contributed by atoms with Crippen LogP contribution < -0.4 is 10.1 Å². The summed E-state index contributed by atoms with van der Waals surface area (Å²) in [5.74, 6) is -0.337. The SMILES string of the molecule is CCN(CC)S(=O)(=O)c1ccc(OC)c(NC(=O)CCC(=O)N2CCC(c3ccccc3)=N2)c1. The van der Waals surface area contributed by atoms with Gasteiger partial charge in [-0.3, -0.25) is 9.59 Å². The second-order valence-corrected chi connectivity index (χ2v) is 9.62. The van der Waals surface area contributed by atoms with E-state index in [4.69, 9.17) is 4.74 Å². The van der Waals surface area contributed by atoms with Gasteiger partial charge in [-0.05, 0) is 23.8 Å². The van der Waals surface area contributed by atoms with Crippen LogP contribution in [0.25, 0.3) is 0 Å². The van der Waals surface area contributed by atoms with Gasteiger partial charge in [0.2, 0.25) is 21.8 Å². The van der Waals surface area contributed by atoms with Crippen LogP contribution in [0, 0.1) is 0 Å². The number of rotatable bonds is 10. The van der Waals surface area contributed by atoms with Crippen LogP contribution >= 0.6 is 0 Å². The highest BCUT2D eigenvalue weighted by Gasteiger charge is 2.24. The maximum Gasteiger partial charge on any atom is 0.243 e. The van der Waals surface area contributed by atoms with E-state index in [0.29, 0.717) is 31.8 Å². The van der Waals surface area contributed by atoms with Crippen LogP contribution in [0.1, 0.15) is 38.7 Å². The van der Waals surface area contributed by atoms with Crippen LogP contribution in [0.15, 0.2) is 58.5 Å². The molecule has 1 N–H and O–H groups in total. The third-order valence-corrected chi connectivity index (χ3v) is 7.60. The molecule has 0 unspecified atom stereocenters. The van der Waals surface area contributed by atoms with Gasteiger partial charge >= 0.3 is 0 Å². The van der Waals surface area contributed by atoms with Gasteiger partial charge < -0.3 is 10.1 Å². The summed E-state index contributed by atoms with van der Waals surface area (Å²) in [4.78, 5) is 25.2. The molecule has 0 aromatic heterocycles. The molecule has 3 rings (SSSR count). The lowest BCUT2D eigenvalue weighted by Crippen LogP contribution is -2.30. The topological polar surface area (TPSA) is 108 Å². The van der Waals surface area contributed by atoms with E-state index < -0.39 is 15.9 Å². The summed E-state index contributed by atoms with van der Waals surface area (Å²) in [7, 11) is -2.27. The van der Waals surface area contributed by atoms with E-state index in [-0.39, 0.29) is 29.3 Å². The standard InChI is InChI=1S/C24H30N4O5S/c1-4-27(5-2)34(31,32)19-11-12-22(33-3)21(17-19)25-23(29)13-14-24(30)28-16-15-20(26-28)18-9-7-6-8-10-18/h6-12,17H,4-5,13-16H2,1-3H3,(H,25,29). The Labute approximate surface area is 200 Å². The summed E-state index contributed by atoms with van der Waals surface area (Å²) in [6.45, 7) is 4.66. The zero-order chi connectivity index (χ0) is 24.7. The number of amides is 2. The lowest BCUT2D eigenvalue weighted by Gasteiger charge is -2.19. The number of ether oxygens (including phenoxy) is 1. The summed E-state index contributed by atoms with van der Waals surface area (Å²) in [5.41, 5.74) is 2.05. The second-order valence-electron chi connectivity index (χ2n) is 7.68. The minimum Gasteiger partial charge on any atom is -0.495 e. The van der Waals surface area contributed by atoms with Gasteiger partial charge in [0.05, 0.1) is 29.9 Å². The van der Waals surface area contributed by atoms with Crippen molar-refractivity contribution in [3.05, 3.63) is 54.1 Å². The maximum atomic E-state index is 12.8. The van der Waals surface area contributed by atoms with E-state index in [9.17, 15) is 18.0 Å². The predicted molar refractivity (Wildman–Crippen MR) is 130 cm³/mol. The number of sulfonamides is 1. The van der Waals surface area contributed by atoms with Crippen LogP contribution in [-0.2, 0) is 19.6 Å². The molecule has 1 aliphatic rings. The molecule has 0 aliphatic carbocycles. The van der Waals surface area contributed by atoms with Gasteiger partial charge in [-0.1, -0.05) is 44.2 Å². The number of hydrogen-bond donors (Lipinski definition) is 1. The number of carbonyl (C=O) groups is 2. The van der Waals surface area contributed by atoms with Crippen molar-refractivity contribution in [1.29, 1.82) is 0 Å². The lowest BCUT2D eigenvalue weighted by atomic mass is 10.1. The van der Waals surface area contributed by atoms with Crippen molar-refractivity contribution >= 4 is 33.2 Å². The lowest BCUT2D eigenvalue weighted by molar-refractivity contribution is -0.132. The van der Waals surface area contributed by atoms with Gasteiger partial charge in [-0.2, -0.15) is 9.41 Å². The van der Waals surface area contributed by atoms with Gasteiger partial charge in [-0.25, -0.2) is 13.4 Å². The molecule has 0 bridgehead atoms. The van der Waals surface area contributed by atoms with Gasteiger partial charge in [0, 0.05) is 32.4 Å². The summed E-state index contributed by atoms with van der Waals surface area (Å²) < 4.78 is 32.3. The molecule has 0 saturated heterocycles. The molecule has 2 aromatic carbocycles. The maximum absolute atomic E-state index is 12.8. The summed E-state index contributed by atoms with van der Waals surface area (Å²) in [5, 5.41) is 8.47. The number of benzene rings is 2. The number of carbonyl (C=O) groups excluding carboxylic acids is 2. The Kier molecular flexibility index (Phi) is 8.41. The first-order valence-electron chi connectivity index (χ1n) is 11.2. The average molecular weight is 487 g/mol. The van der Waals surface area contributed by atoms with Crippen LogP contribution in [0.3, 0.4) is 0 Å². The summed E-state index contributed by atoms with van der Waals surface area (Å²) in [6, 6.07) is 14.0. The van der Waals surface area contributed by atoms with E-state index in [1.165, 1.54) is 34.6 Å². The number of methoxy groups -OCH3 is 1. The highest BCUT2D eigenvalue weighted by Crippen LogP contribution is 2.29. The van der Waals surface area contributed by atoms with Crippen LogP contribution in [0.2, 0.25) is 0 Å². The summed E-state index contributed by atoms with van der Waals surface area (Å²) >= 11 is 0. The first-order chi connectivity index (χ1) is 16.3. The quantitative estimate of drug-likeness (QED) is 0.555. The molecule has 1 heterocycles. The minimum absolute atomic E-state index is 0.0167. The highest BCUT2D eigenvalue weighted by molar-refractivity contribution is 7.89. The van der Waals surface area contributed by atoms with E-state index in [1.54, 1.807) is 13.8 Å². The molecular formula is C24H30N4O5S. The molecule has 0 atom stereocenters. The van der Waals surface area contributed by atoms with Crippen LogP contribution in [0.5, 0.6) is 5.75 Å². The zero-order valence-corrected chi connectivity index (χ0v) is 20.5. The highest BCUT2D eigenvalue weighted by atomic mass is 32.2. The van der Waals surface area contributed by atoms with Crippen LogP contribution in [0.4, 0.5) is 5.69 Å². The first kappa shape index (κ1) is 25.4. The van der Waals surface area contributed by atoms with Crippen molar-refractivity contribution in [1.82, 2.24) is 9.31 Å². The van der Waals surface area contributed by atoms with Gasteiger partial charge in [0.1, 0.15) is 5.75 Å². The Morgan fingerprint density at radius 1 is 1.09 bits per heavy atom. The molecular weight excluding hydrogens is 456 g/mol. The average Bonchev–Trinajstić information content (AvgIpc) is 3.34. The third kappa shape index (κ3) is 5.81. The Balaban J connectivity index is 1.64. The number of nitrogens with one attached hydrogen (secondary N) is 1. The number of nitrogens with zero attached hydrogens (tertiary/aromatic N) is 3. The minimum atomic E-state index is -3.70. The Morgan fingerprint density at radius 2 is 1.79 bits per heavy atom. The molecule has 182 valence electrons. The van der Waals surface area contributed by atoms with E-state index in [1.807, 2.05) is 30.3 Å². The molecule has 0 spiro atoms. The largest absolute Gasteiger partial charge is 0.495 e. The van der Waals surface area contributed by atoms with E-state index in [0.717, 1.165) is 11.3 Å². The molecule has 0 fully saturated rings. The third-order valence-electron chi connectivity index (χ3n) is 5.55. The molecule has 2 aromatic rings. The zero-order valence-electron chi connectivity index (χ0n) is 19.7. The molecule has 10 heteroatoms. The van der Waals surface area contributed by atoms with Crippen LogP contribution in [-0.4, -0.2) is 62.0 Å². The molecule has 34 heavy (non-hydrogen) atoms. The Hall–Kier alpha value is -3.24. The van der Waals surface area contributed by atoms with Crippen molar-refractivity contribution in [2.24, 2.45) is 5.10 Å². The van der Waals surface area contributed by atoms with Gasteiger partial charge in [-0.15, -0.1) is 0 Å². The molecule has 9 nitrogen and oxygen atoms in total. The number of hydrazone groups is 1. The molecule has 0 saturated carbocycles. The summed E-state index contributed by atoms with van der Waals surface area (Å²) in [6.07, 6.45) is 0.575. The normalized spacial score (nSPS) is 13.6.